The zero-order chi connectivity index (χ0) is 49.2. The Balaban J connectivity index is 0.770. The maximum absolute atomic E-state index is 5.38. The fourth-order valence-corrected chi connectivity index (χ4v) is 10.5. The lowest BCUT2D eigenvalue weighted by atomic mass is 9.92. The molecule has 13 rings (SSSR count). The van der Waals surface area contributed by atoms with Crippen molar-refractivity contribution in [1.29, 1.82) is 0 Å². The van der Waals surface area contributed by atoms with Crippen molar-refractivity contribution in [2.24, 2.45) is 0 Å². The molecule has 0 saturated carbocycles. The lowest BCUT2D eigenvalue weighted by molar-refractivity contribution is 1.23. The van der Waals surface area contributed by atoms with E-state index in [1.807, 2.05) is 0 Å². The minimum absolute atomic E-state index is 0.700. The number of hydrogen-bond acceptors (Lipinski definition) is 2. The first-order chi connectivity index (χ1) is 36.7. The highest BCUT2D eigenvalue weighted by molar-refractivity contribution is 6.12. The normalized spacial score (nSPS) is 11.2. The number of nitrogens with zero attached hydrogens (tertiary/aromatic N) is 2. The Labute approximate surface area is 432 Å². The standard InChI is InChI=1S/C72H48N2/c1-3-15-55(16-4-1)64-24-9-11-26-66(64)62-22-13-20-60(47-62)53-33-29-49(30-34-53)51-37-41-58(42-38-51)71-70-68-28-8-7-19-57(68)45-46-69(70)73-72(74-71)59-43-39-52(40-44-59)50-31-35-54(36-32-50)61-21-14-23-63(48-61)67-27-12-10-25-65(67)56-17-5-2-6-18-56/h1-48H. The Morgan fingerprint density at radius 1 is 0.203 bits per heavy atom. The first-order valence-corrected chi connectivity index (χ1v) is 25.3. The summed E-state index contributed by atoms with van der Waals surface area (Å²) < 4.78 is 0. The highest BCUT2D eigenvalue weighted by Crippen LogP contribution is 2.39. The van der Waals surface area contributed by atoms with Crippen LogP contribution in [0.3, 0.4) is 0 Å². The van der Waals surface area contributed by atoms with Crippen molar-refractivity contribution >= 4 is 21.7 Å². The molecule has 0 radical (unpaired) electrons. The lowest BCUT2D eigenvalue weighted by Crippen LogP contribution is -1.96. The van der Waals surface area contributed by atoms with E-state index in [1.54, 1.807) is 0 Å². The maximum atomic E-state index is 5.38. The quantitative estimate of drug-likeness (QED) is 0.128. The zero-order valence-corrected chi connectivity index (χ0v) is 40.6. The molecular weight excluding hydrogens is 893 g/mol. The summed E-state index contributed by atoms with van der Waals surface area (Å²) in [5.41, 5.74) is 23.0. The van der Waals surface area contributed by atoms with Gasteiger partial charge in [0.25, 0.3) is 0 Å². The minimum atomic E-state index is 0.700. The van der Waals surface area contributed by atoms with Crippen LogP contribution < -0.4 is 0 Å². The number of benzene rings is 12. The fraction of sp³-hybridized carbons (Fsp3) is 0. The fourth-order valence-electron chi connectivity index (χ4n) is 10.5. The molecule has 0 aliphatic rings. The van der Waals surface area contributed by atoms with E-state index in [-0.39, 0.29) is 0 Å². The summed E-state index contributed by atoms with van der Waals surface area (Å²) >= 11 is 0. The van der Waals surface area contributed by atoms with Crippen molar-refractivity contribution in [3.63, 3.8) is 0 Å². The molecule has 2 heteroatoms. The molecule has 346 valence electrons. The first-order valence-electron chi connectivity index (χ1n) is 25.3. The van der Waals surface area contributed by atoms with Crippen molar-refractivity contribution < 1.29 is 0 Å². The van der Waals surface area contributed by atoms with E-state index in [2.05, 4.69) is 291 Å². The summed E-state index contributed by atoms with van der Waals surface area (Å²) in [5, 5.41) is 3.36. The van der Waals surface area contributed by atoms with Crippen LogP contribution in [-0.2, 0) is 0 Å². The molecule has 13 aromatic rings. The Bertz CT molecular complexity index is 4120. The van der Waals surface area contributed by atoms with Gasteiger partial charge in [-0.15, -0.1) is 0 Å². The van der Waals surface area contributed by atoms with Crippen molar-refractivity contribution in [1.82, 2.24) is 9.97 Å². The Morgan fingerprint density at radius 2 is 0.554 bits per heavy atom. The summed E-state index contributed by atoms with van der Waals surface area (Å²) in [6.07, 6.45) is 0. The van der Waals surface area contributed by atoms with Crippen molar-refractivity contribution in [2.45, 2.75) is 0 Å². The highest BCUT2D eigenvalue weighted by Gasteiger charge is 2.16. The van der Waals surface area contributed by atoms with E-state index in [0.29, 0.717) is 5.82 Å². The van der Waals surface area contributed by atoms with Gasteiger partial charge in [-0.3, -0.25) is 0 Å². The van der Waals surface area contributed by atoms with Crippen LogP contribution in [0.2, 0.25) is 0 Å². The topological polar surface area (TPSA) is 25.8 Å². The van der Waals surface area contributed by atoms with Gasteiger partial charge in [-0.2, -0.15) is 0 Å². The van der Waals surface area contributed by atoms with Crippen LogP contribution in [0.4, 0.5) is 0 Å². The van der Waals surface area contributed by atoms with Gasteiger partial charge < -0.3 is 0 Å². The van der Waals surface area contributed by atoms with Crippen molar-refractivity contribution in [3.8, 4) is 112 Å². The van der Waals surface area contributed by atoms with Crippen LogP contribution in [0.25, 0.3) is 133 Å². The number of fused-ring (bicyclic) bond motifs is 3. The number of rotatable bonds is 10. The van der Waals surface area contributed by atoms with E-state index >= 15 is 0 Å². The second-order valence-corrected chi connectivity index (χ2v) is 18.9. The molecule has 0 N–H and O–H groups in total. The van der Waals surface area contributed by atoms with E-state index < -0.39 is 0 Å². The third-order valence-electron chi connectivity index (χ3n) is 14.4. The van der Waals surface area contributed by atoms with Gasteiger partial charge in [0, 0.05) is 16.5 Å². The largest absolute Gasteiger partial charge is 0.228 e. The molecule has 1 heterocycles. The summed E-state index contributed by atoms with van der Waals surface area (Å²) in [7, 11) is 0. The second kappa shape index (κ2) is 19.4. The van der Waals surface area contributed by atoms with Gasteiger partial charge in [0.2, 0.25) is 0 Å². The molecule has 1 aromatic heterocycles. The van der Waals surface area contributed by atoms with Gasteiger partial charge >= 0.3 is 0 Å². The van der Waals surface area contributed by atoms with Gasteiger partial charge in [-0.1, -0.05) is 273 Å². The van der Waals surface area contributed by atoms with Gasteiger partial charge in [0.1, 0.15) is 0 Å². The summed E-state index contributed by atoms with van der Waals surface area (Å²) in [5.74, 6) is 0.700. The van der Waals surface area contributed by atoms with E-state index in [4.69, 9.17) is 9.97 Å². The highest BCUT2D eigenvalue weighted by atomic mass is 14.9. The predicted molar refractivity (Wildman–Crippen MR) is 311 cm³/mol. The predicted octanol–water partition coefficient (Wildman–Crippen LogP) is 19.5. The van der Waals surface area contributed by atoms with Gasteiger partial charge in [0.05, 0.1) is 11.2 Å². The molecule has 0 atom stereocenters. The molecule has 0 aliphatic carbocycles. The van der Waals surface area contributed by atoms with Crippen LogP contribution in [0.5, 0.6) is 0 Å². The van der Waals surface area contributed by atoms with Gasteiger partial charge in [-0.25, -0.2) is 9.97 Å². The zero-order valence-electron chi connectivity index (χ0n) is 40.6. The Kier molecular flexibility index (Phi) is 11.6. The number of hydrogen-bond donors (Lipinski definition) is 0. The second-order valence-electron chi connectivity index (χ2n) is 18.9. The van der Waals surface area contributed by atoms with E-state index in [0.717, 1.165) is 60.8 Å². The molecule has 0 fully saturated rings. The van der Waals surface area contributed by atoms with E-state index in [1.165, 1.54) is 66.8 Å². The monoisotopic (exact) mass is 940 g/mol. The molecule has 0 spiro atoms. The van der Waals surface area contributed by atoms with Crippen LogP contribution in [0.15, 0.2) is 291 Å². The molecule has 0 unspecified atom stereocenters. The molecule has 2 nitrogen and oxygen atoms in total. The molecular formula is C72H48N2. The van der Waals surface area contributed by atoms with Crippen molar-refractivity contribution in [3.05, 3.63) is 291 Å². The molecule has 0 amide bonds. The summed E-state index contributed by atoms with van der Waals surface area (Å²) in [6, 6.07) is 104. The average molecular weight is 941 g/mol. The summed E-state index contributed by atoms with van der Waals surface area (Å²) in [4.78, 5) is 10.6. The third kappa shape index (κ3) is 8.65. The minimum Gasteiger partial charge on any atom is -0.228 e. The van der Waals surface area contributed by atoms with Crippen LogP contribution in [-0.4, -0.2) is 9.97 Å². The SMILES string of the molecule is c1ccc(-c2ccccc2-c2cccc(-c3ccc(-c4ccc(-c5nc(-c6ccc(-c7ccc(-c8cccc(-c9ccccc9-c9ccccc9)c8)cc7)cc6)c6c(ccc7ccccc76)n5)cc4)cc3)c2)cc1. The van der Waals surface area contributed by atoms with Crippen LogP contribution >= 0.6 is 0 Å². The van der Waals surface area contributed by atoms with Gasteiger partial charge in [-0.05, 0) is 118 Å². The molecule has 0 bridgehead atoms. The Morgan fingerprint density at radius 3 is 1.03 bits per heavy atom. The first kappa shape index (κ1) is 44.2. The molecule has 0 aliphatic heterocycles. The maximum Gasteiger partial charge on any atom is 0.160 e. The smallest absolute Gasteiger partial charge is 0.160 e. The van der Waals surface area contributed by atoms with Crippen molar-refractivity contribution in [2.75, 3.05) is 0 Å². The van der Waals surface area contributed by atoms with E-state index in [9.17, 15) is 0 Å². The van der Waals surface area contributed by atoms with Crippen LogP contribution in [0, 0.1) is 0 Å². The number of aromatic nitrogens is 2. The Hall–Kier alpha value is -9.76. The molecule has 0 saturated heterocycles. The molecule has 12 aromatic carbocycles. The molecule has 74 heavy (non-hydrogen) atoms. The van der Waals surface area contributed by atoms with Gasteiger partial charge in [0.15, 0.2) is 5.82 Å². The summed E-state index contributed by atoms with van der Waals surface area (Å²) in [6.45, 7) is 0. The third-order valence-corrected chi connectivity index (χ3v) is 14.4. The average Bonchev–Trinajstić information content (AvgIpc) is 3.49. The van der Waals surface area contributed by atoms with Crippen LogP contribution in [0.1, 0.15) is 0 Å². The lowest BCUT2D eigenvalue weighted by Gasteiger charge is -2.13.